The lowest BCUT2D eigenvalue weighted by Gasteiger charge is -2.28. The highest BCUT2D eigenvalue weighted by molar-refractivity contribution is 5.85. The maximum absolute atomic E-state index is 12.0. The van der Waals surface area contributed by atoms with Gasteiger partial charge in [-0.15, -0.1) is 12.4 Å². The summed E-state index contributed by atoms with van der Waals surface area (Å²) >= 11 is 0. The fourth-order valence-corrected chi connectivity index (χ4v) is 1.93. The van der Waals surface area contributed by atoms with Crippen molar-refractivity contribution >= 4 is 18.3 Å². The van der Waals surface area contributed by atoms with E-state index in [1.807, 2.05) is 58.0 Å². The molecule has 4 N–H and O–H groups in total. The third-order valence-corrected chi connectivity index (χ3v) is 3.37. The van der Waals surface area contributed by atoms with Crippen LogP contribution in [0, 0.1) is 5.41 Å². The second kappa shape index (κ2) is 8.37. The van der Waals surface area contributed by atoms with Gasteiger partial charge in [-0.1, -0.05) is 51.1 Å². The zero-order chi connectivity index (χ0) is 15.3. The van der Waals surface area contributed by atoms with E-state index in [9.17, 15) is 9.90 Å². The molecule has 1 amide bonds. The number of aliphatic hydroxyl groups is 1. The first-order chi connectivity index (χ1) is 9.21. The lowest BCUT2D eigenvalue weighted by atomic mass is 9.86. The van der Waals surface area contributed by atoms with Crippen LogP contribution in [-0.2, 0) is 4.79 Å². The van der Waals surface area contributed by atoms with Crippen molar-refractivity contribution in [1.82, 2.24) is 5.32 Å². The van der Waals surface area contributed by atoms with Gasteiger partial charge in [-0.25, -0.2) is 0 Å². The number of amides is 1. The van der Waals surface area contributed by atoms with Gasteiger partial charge in [0.05, 0.1) is 12.1 Å². The molecule has 0 fully saturated rings. The van der Waals surface area contributed by atoms with Crippen LogP contribution in [0.3, 0.4) is 0 Å². The minimum atomic E-state index is -0.586. The van der Waals surface area contributed by atoms with Crippen LogP contribution in [0.2, 0.25) is 0 Å². The van der Waals surface area contributed by atoms with Gasteiger partial charge in [0.1, 0.15) is 0 Å². The van der Waals surface area contributed by atoms with E-state index >= 15 is 0 Å². The molecule has 0 saturated carbocycles. The van der Waals surface area contributed by atoms with Crippen molar-refractivity contribution in [3.8, 4) is 0 Å². The number of hydrogen-bond donors (Lipinski definition) is 3. The first-order valence-corrected chi connectivity index (χ1v) is 7.00. The van der Waals surface area contributed by atoms with E-state index in [1.54, 1.807) is 0 Å². The van der Waals surface area contributed by atoms with Crippen LogP contribution in [-0.4, -0.2) is 23.1 Å². The van der Waals surface area contributed by atoms with Gasteiger partial charge in [0, 0.05) is 6.04 Å². The van der Waals surface area contributed by atoms with Crippen molar-refractivity contribution in [2.24, 2.45) is 11.1 Å². The Hall–Kier alpha value is -1.10. The van der Waals surface area contributed by atoms with Crippen LogP contribution in [0.25, 0.3) is 0 Å². The Labute approximate surface area is 133 Å². The molecule has 0 spiro atoms. The number of benzene rings is 1. The van der Waals surface area contributed by atoms with E-state index in [0.29, 0.717) is 6.42 Å². The average molecular weight is 315 g/mol. The van der Waals surface area contributed by atoms with Crippen molar-refractivity contribution in [1.29, 1.82) is 0 Å². The van der Waals surface area contributed by atoms with E-state index in [4.69, 9.17) is 5.73 Å². The Morgan fingerprint density at radius 1 is 1.29 bits per heavy atom. The fraction of sp³-hybridized carbons (Fsp3) is 0.562. The summed E-state index contributed by atoms with van der Waals surface area (Å²) in [6, 6.07) is 8.74. The van der Waals surface area contributed by atoms with Gasteiger partial charge in [-0.3, -0.25) is 4.79 Å². The Bertz CT molecular complexity index is 432. The van der Waals surface area contributed by atoms with Crippen molar-refractivity contribution in [3.63, 3.8) is 0 Å². The Balaban J connectivity index is 0.00000400. The van der Waals surface area contributed by atoms with Crippen LogP contribution >= 0.6 is 12.4 Å². The fourth-order valence-electron chi connectivity index (χ4n) is 1.93. The molecular weight excluding hydrogens is 288 g/mol. The Kier molecular flexibility index (Phi) is 7.93. The normalized spacial score (nSPS) is 15.5. The van der Waals surface area contributed by atoms with Crippen molar-refractivity contribution < 1.29 is 9.90 Å². The van der Waals surface area contributed by atoms with Crippen molar-refractivity contribution in [2.75, 3.05) is 0 Å². The summed E-state index contributed by atoms with van der Waals surface area (Å²) in [7, 11) is 0. The lowest BCUT2D eigenvalue weighted by molar-refractivity contribution is -0.125. The van der Waals surface area contributed by atoms with Gasteiger partial charge in [-0.05, 0) is 24.3 Å². The molecule has 21 heavy (non-hydrogen) atoms. The molecule has 1 rings (SSSR count). The maximum Gasteiger partial charge on any atom is 0.237 e. The highest BCUT2D eigenvalue weighted by Gasteiger charge is 2.28. The number of nitrogens with two attached hydrogens (primary N) is 1. The van der Waals surface area contributed by atoms with E-state index in [2.05, 4.69) is 5.32 Å². The molecule has 0 bridgehead atoms. The molecule has 120 valence electrons. The summed E-state index contributed by atoms with van der Waals surface area (Å²) in [6.07, 6.45) is -0.121. The number of carbonyl (C=O) groups excluding carboxylic acids is 1. The van der Waals surface area contributed by atoms with Crippen molar-refractivity contribution in [3.05, 3.63) is 35.9 Å². The molecule has 4 nitrogen and oxygen atoms in total. The Morgan fingerprint density at radius 3 is 2.29 bits per heavy atom. The summed E-state index contributed by atoms with van der Waals surface area (Å²) in [6.45, 7) is 7.67. The second-order valence-corrected chi connectivity index (χ2v) is 6.42. The van der Waals surface area contributed by atoms with E-state index in [-0.39, 0.29) is 29.8 Å². The number of halogens is 1. The van der Waals surface area contributed by atoms with Gasteiger partial charge in [0.15, 0.2) is 0 Å². The first-order valence-electron chi connectivity index (χ1n) is 7.00. The molecule has 0 radical (unpaired) electrons. The standard InChI is InChI=1S/C16H26N2O2.ClH/c1-11(18-15(20)14(17)16(2,3)4)10-13(19)12-8-6-5-7-9-12;/h5-9,11,13-14,19H,10,17H2,1-4H3,(H,18,20);1H/t11?,13?,14-;/m1./s1. The summed E-state index contributed by atoms with van der Waals surface area (Å²) in [4.78, 5) is 12.0. The molecule has 2 unspecified atom stereocenters. The molecule has 1 aromatic carbocycles. The molecular formula is C16H27ClN2O2. The zero-order valence-corrected chi connectivity index (χ0v) is 14.0. The average Bonchev–Trinajstić information content (AvgIpc) is 2.37. The molecule has 3 atom stereocenters. The number of nitrogens with one attached hydrogen (secondary N) is 1. The van der Waals surface area contributed by atoms with Crippen LogP contribution in [0.4, 0.5) is 0 Å². The molecule has 5 heteroatoms. The topological polar surface area (TPSA) is 75.3 Å². The largest absolute Gasteiger partial charge is 0.388 e. The smallest absolute Gasteiger partial charge is 0.237 e. The molecule has 0 aliphatic heterocycles. The second-order valence-electron chi connectivity index (χ2n) is 6.42. The molecule has 0 aliphatic rings. The zero-order valence-electron chi connectivity index (χ0n) is 13.2. The molecule has 0 heterocycles. The third kappa shape index (κ3) is 6.46. The highest BCUT2D eigenvalue weighted by Crippen LogP contribution is 2.19. The van der Waals surface area contributed by atoms with Crippen LogP contribution in [0.5, 0.6) is 0 Å². The van der Waals surface area contributed by atoms with Gasteiger partial charge in [-0.2, -0.15) is 0 Å². The maximum atomic E-state index is 12.0. The van der Waals surface area contributed by atoms with Crippen LogP contribution < -0.4 is 11.1 Å². The molecule has 0 saturated heterocycles. The van der Waals surface area contributed by atoms with E-state index < -0.39 is 12.1 Å². The number of aliphatic hydroxyl groups excluding tert-OH is 1. The van der Waals surface area contributed by atoms with Crippen LogP contribution in [0.15, 0.2) is 30.3 Å². The van der Waals surface area contributed by atoms with Gasteiger partial charge in [0.25, 0.3) is 0 Å². The van der Waals surface area contributed by atoms with Crippen LogP contribution in [0.1, 0.15) is 45.8 Å². The van der Waals surface area contributed by atoms with E-state index in [0.717, 1.165) is 5.56 Å². The predicted molar refractivity (Wildman–Crippen MR) is 88.3 cm³/mol. The van der Waals surface area contributed by atoms with E-state index in [1.165, 1.54) is 0 Å². The molecule has 0 aromatic heterocycles. The summed E-state index contributed by atoms with van der Waals surface area (Å²) in [5.41, 5.74) is 6.49. The minimum absolute atomic E-state index is 0. The predicted octanol–water partition coefficient (Wildman–Crippen LogP) is 2.41. The minimum Gasteiger partial charge on any atom is -0.388 e. The lowest BCUT2D eigenvalue weighted by Crippen LogP contribution is -2.51. The first kappa shape index (κ1) is 19.9. The number of rotatable bonds is 5. The number of carbonyl (C=O) groups is 1. The monoisotopic (exact) mass is 314 g/mol. The SMILES string of the molecule is CC(CC(O)c1ccccc1)NC(=O)[C@@H](N)C(C)(C)C.Cl. The summed E-state index contributed by atoms with van der Waals surface area (Å²) in [5, 5.41) is 13.0. The van der Waals surface area contributed by atoms with Gasteiger partial charge >= 0.3 is 0 Å². The quantitative estimate of drug-likeness (QED) is 0.781. The summed E-state index contributed by atoms with van der Waals surface area (Å²) in [5.74, 6) is -0.176. The number of hydrogen-bond acceptors (Lipinski definition) is 3. The van der Waals surface area contributed by atoms with Crippen molar-refractivity contribution in [2.45, 2.75) is 52.3 Å². The van der Waals surface area contributed by atoms with Gasteiger partial charge in [0.2, 0.25) is 5.91 Å². The molecule has 0 aliphatic carbocycles. The third-order valence-electron chi connectivity index (χ3n) is 3.37. The summed E-state index contributed by atoms with van der Waals surface area (Å²) < 4.78 is 0. The molecule has 1 aromatic rings. The highest BCUT2D eigenvalue weighted by atomic mass is 35.5. The Morgan fingerprint density at radius 2 is 1.81 bits per heavy atom. The van der Waals surface area contributed by atoms with Gasteiger partial charge < -0.3 is 16.2 Å².